The standard InChI is InChI=1S/C16H20ClF3N2O5S/c1-15(25,16(18,19)20)14(24)21-13-5-4-11(7-12(13)17)28(26,27)22-6-2-3-10(8-22)9-23/h4-5,7,10,23,25H,2-3,6,8-9H2,1H3,(H,21,24)/t10-,15-/m1/s1. The van der Waals surface area contributed by atoms with Crippen LogP contribution in [0.15, 0.2) is 23.1 Å². The number of rotatable bonds is 5. The predicted octanol–water partition coefficient (Wildman–Crippen LogP) is 1.98. The summed E-state index contributed by atoms with van der Waals surface area (Å²) in [5, 5.41) is 20.2. The van der Waals surface area contributed by atoms with Crippen LogP contribution in [0.25, 0.3) is 0 Å². The fourth-order valence-electron chi connectivity index (χ4n) is 2.67. The zero-order chi connectivity index (χ0) is 21.3. The molecule has 1 aromatic carbocycles. The number of anilines is 1. The maximum atomic E-state index is 12.7. The van der Waals surface area contributed by atoms with Gasteiger partial charge in [-0.1, -0.05) is 11.6 Å². The Morgan fingerprint density at radius 3 is 2.57 bits per heavy atom. The summed E-state index contributed by atoms with van der Waals surface area (Å²) in [6.45, 7) is 0.562. The molecule has 1 saturated heterocycles. The molecule has 2 rings (SSSR count). The quantitative estimate of drug-likeness (QED) is 0.644. The Labute approximate surface area is 165 Å². The summed E-state index contributed by atoms with van der Waals surface area (Å²) in [6.07, 6.45) is -3.92. The molecular formula is C16H20ClF3N2O5S. The van der Waals surface area contributed by atoms with Crippen molar-refractivity contribution in [1.82, 2.24) is 4.31 Å². The average molecular weight is 445 g/mol. The van der Waals surface area contributed by atoms with Crippen LogP contribution in [0.1, 0.15) is 19.8 Å². The van der Waals surface area contributed by atoms with Gasteiger partial charge in [0.2, 0.25) is 15.6 Å². The molecular weight excluding hydrogens is 425 g/mol. The number of sulfonamides is 1. The lowest BCUT2D eigenvalue weighted by atomic mass is 10.0. The summed E-state index contributed by atoms with van der Waals surface area (Å²) in [6, 6.07) is 3.16. The van der Waals surface area contributed by atoms with Gasteiger partial charge in [-0.05, 0) is 43.9 Å². The summed E-state index contributed by atoms with van der Waals surface area (Å²) >= 11 is 5.94. The first-order valence-corrected chi connectivity index (χ1v) is 10.1. The van der Waals surface area contributed by atoms with Crippen molar-refractivity contribution in [3.8, 4) is 0 Å². The van der Waals surface area contributed by atoms with Gasteiger partial charge in [-0.2, -0.15) is 17.5 Å². The van der Waals surface area contributed by atoms with E-state index >= 15 is 0 Å². The lowest BCUT2D eigenvalue weighted by molar-refractivity contribution is -0.242. The molecule has 0 radical (unpaired) electrons. The van der Waals surface area contributed by atoms with E-state index in [-0.39, 0.29) is 41.2 Å². The molecule has 0 aromatic heterocycles. The largest absolute Gasteiger partial charge is 0.426 e. The number of hydrogen-bond acceptors (Lipinski definition) is 5. The lowest BCUT2D eigenvalue weighted by Crippen LogP contribution is -2.52. The van der Waals surface area contributed by atoms with Gasteiger partial charge in [0.15, 0.2) is 0 Å². The molecule has 0 unspecified atom stereocenters. The number of benzene rings is 1. The molecule has 1 aliphatic heterocycles. The van der Waals surface area contributed by atoms with Crippen molar-refractivity contribution in [2.45, 2.75) is 36.4 Å². The van der Waals surface area contributed by atoms with Gasteiger partial charge in [0.1, 0.15) is 0 Å². The number of nitrogens with zero attached hydrogens (tertiary/aromatic N) is 1. The van der Waals surface area contributed by atoms with E-state index in [1.807, 2.05) is 5.32 Å². The van der Waals surface area contributed by atoms with Crippen LogP contribution >= 0.6 is 11.6 Å². The summed E-state index contributed by atoms with van der Waals surface area (Å²) in [5.74, 6) is -1.93. The van der Waals surface area contributed by atoms with Crippen LogP contribution in [-0.2, 0) is 14.8 Å². The van der Waals surface area contributed by atoms with E-state index in [2.05, 4.69) is 0 Å². The third-order valence-electron chi connectivity index (χ3n) is 4.56. The summed E-state index contributed by atoms with van der Waals surface area (Å²) in [4.78, 5) is 11.5. The number of carbonyl (C=O) groups excluding carboxylic acids is 1. The van der Waals surface area contributed by atoms with Gasteiger partial charge in [-0.3, -0.25) is 4.79 Å². The molecule has 2 atom stereocenters. The third kappa shape index (κ3) is 4.60. The van der Waals surface area contributed by atoms with E-state index in [4.69, 9.17) is 11.6 Å². The fourth-order valence-corrected chi connectivity index (χ4v) is 4.55. The highest BCUT2D eigenvalue weighted by molar-refractivity contribution is 7.89. The Balaban J connectivity index is 2.23. The van der Waals surface area contributed by atoms with Crippen molar-refractivity contribution in [1.29, 1.82) is 0 Å². The van der Waals surface area contributed by atoms with Crippen molar-refractivity contribution in [3.05, 3.63) is 23.2 Å². The minimum atomic E-state index is -5.20. The zero-order valence-electron chi connectivity index (χ0n) is 14.8. The van der Waals surface area contributed by atoms with E-state index in [0.717, 1.165) is 18.2 Å². The van der Waals surface area contributed by atoms with Crippen molar-refractivity contribution < 1.29 is 36.6 Å². The van der Waals surface area contributed by atoms with Gasteiger partial charge in [-0.25, -0.2) is 8.42 Å². The van der Waals surface area contributed by atoms with Crippen LogP contribution in [0.2, 0.25) is 5.02 Å². The van der Waals surface area contributed by atoms with E-state index in [0.29, 0.717) is 19.8 Å². The number of halogens is 4. The number of hydrogen-bond donors (Lipinski definition) is 3. The monoisotopic (exact) mass is 444 g/mol. The van der Waals surface area contributed by atoms with Crippen molar-refractivity contribution in [2.75, 3.05) is 25.0 Å². The number of piperidine rings is 1. The highest BCUT2D eigenvalue weighted by Gasteiger charge is 2.55. The fraction of sp³-hybridized carbons (Fsp3) is 0.562. The van der Waals surface area contributed by atoms with E-state index in [9.17, 15) is 36.6 Å². The van der Waals surface area contributed by atoms with Crippen molar-refractivity contribution in [2.24, 2.45) is 5.92 Å². The zero-order valence-corrected chi connectivity index (χ0v) is 16.4. The summed E-state index contributed by atoms with van der Waals surface area (Å²) in [7, 11) is -3.93. The smallest absolute Gasteiger partial charge is 0.396 e. The predicted molar refractivity (Wildman–Crippen MR) is 95.3 cm³/mol. The van der Waals surface area contributed by atoms with E-state index < -0.39 is 27.7 Å². The van der Waals surface area contributed by atoms with Gasteiger partial charge in [0, 0.05) is 19.7 Å². The Morgan fingerprint density at radius 2 is 2.04 bits per heavy atom. The first kappa shape index (κ1) is 22.9. The molecule has 1 aromatic rings. The number of alkyl halides is 3. The number of aliphatic hydroxyl groups is 2. The average Bonchev–Trinajstić information content (AvgIpc) is 2.62. The minimum absolute atomic E-state index is 0.142. The molecule has 0 aliphatic carbocycles. The van der Waals surface area contributed by atoms with Crippen LogP contribution < -0.4 is 5.32 Å². The highest BCUT2D eigenvalue weighted by atomic mass is 35.5. The Bertz CT molecular complexity index is 845. The van der Waals surface area contributed by atoms with Crippen molar-refractivity contribution in [3.63, 3.8) is 0 Å². The SMILES string of the molecule is C[C@@](O)(C(=O)Nc1ccc(S(=O)(=O)N2CCC[C@@H](CO)C2)cc1Cl)C(F)(F)F. The number of nitrogens with one attached hydrogen (secondary N) is 1. The Kier molecular flexibility index (Phi) is 6.66. The number of carbonyl (C=O) groups is 1. The van der Waals surface area contributed by atoms with Gasteiger partial charge in [-0.15, -0.1) is 0 Å². The van der Waals surface area contributed by atoms with Gasteiger partial charge < -0.3 is 15.5 Å². The van der Waals surface area contributed by atoms with Crippen molar-refractivity contribution >= 4 is 33.2 Å². The molecule has 1 heterocycles. The molecule has 158 valence electrons. The maximum absolute atomic E-state index is 12.7. The summed E-state index contributed by atoms with van der Waals surface area (Å²) in [5.41, 5.74) is -3.92. The van der Waals surface area contributed by atoms with Crippen LogP contribution in [0, 0.1) is 5.92 Å². The lowest BCUT2D eigenvalue weighted by Gasteiger charge is -2.31. The second kappa shape index (κ2) is 8.15. The highest BCUT2D eigenvalue weighted by Crippen LogP contribution is 2.33. The Hall–Kier alpha value is -1.40. The first-order chi connectivity index (χ1) is 12.8. The van der Waals surface area contributed by atoms with Crippen LogP contribution in [-0.4, -0.2) is 60.3 Å². The molecule has 1 amide bonds. The third-order valence-corrected chi connectivity index (χ3v) is 6.73. The number of amides is 1. The van der Waals surface area contributed by atoms with Crippen LogP contribution in [0.3, 0.4) is 0 Å². The van der Waals surface area contributed by atoms with E-state index in [1.54, 1.807) is 0 Å². The second-order valence-corrected chi connectivity index (χ2v) is 9.06. The summed E-state index contributed by atoms with van der Waals surface area (Å²) < 4.78 is 64.9. The minimum Gasteiger partial charge on any atom is -0.396 e. The number of aliphatic hydroxyl groups excluding tert-OH is 1. The van der Waals surface area contributed by atoms with E-state index in [1.165, 1.54) is 4.31 Å². The van der Waals surface area contributed by atoms with Crippen LogP contribution in [0.5, 0.6) is 0 Å². The Morgan fingerprint density at radius 1 is 1.39 bits per heavy atom. The molecule has 7 nitrogen and oxygen atoms in total. The molecule has 1 aliphatic rings. The van der Waals surface area contributed by atoms with Gasteiger partial charge in [0.05, 0.1) is 15.6 Å². The van der Waals surface area contributed by atoms with Gasteiger partial charge in [0.25, 0.3) is 5.91 Å². The molecule has 0 bridgehead atoms. The maximum Gasteiger partial charge on any atom is 0.426 e. The van der Waals surface area contributed by atoms with Crippen LogP contribution in [0.4, 0.5) is 18.9 Å². The second-order valence-electron chi connectivity index (χ2n) is 6.72. The molecule has 12 heteroatoms. The topological polar surface area (TPSA) is 107 Å². The molecule has 1 fully saturated rings. The first-order valence-electron chi connectivity index (χ1n) is 8.32. The molecule has 0 spiro atoms. The molecule has 3 N–H and O–H groups in total. The van der Waals surface area contributed by atoms with Gasteiger partial charge >= 0.3 is 6.18 Å². The normalized spacial score (nSPS) is 21.2. The molecule has 0 saturated carbocycles. The molecule has 28 heavy (non-hydrogen) atoms.